The van der Waals surface area contributed by atoms with Gasteiger partial charge in [-0.1, -0.05) is 43.2 Å². The first-order valence-electron chi connectivity index (χ1n) is 6.37. The molecule has 1 N–H and O–H groups in total. The molecule has 96 valence electrons. The third-order valence-corrected chi connectivity index (χ3v) is 4.07. The van der Waals surface area contributed by atoms with E-state index in [1.165, 1.54) is 0 Å². The van der Waals surface area contributed by atoms with Crippen LogP contribution in [0.2, 0.25) is 0 Å². The topological polar surface area (TPSA) is 53.2 Å². The van der Waals surface area contributed by atoms with E-state index in [2.05, 4.69) is 6.07 Å². The highest BCUT2D eigenvalue weighted by molar-refractivity contribution is 5.30. The van der Waals surface area contributed by atoms with Crippen LogP contribution >= 0.6 is 0 Å². The molecule has 2 rings (SSSR count). The van der Waals surface area contributed by atoms with Crippen molar-refractivity contribution in [2.75, 3.05) is 13.7 Å². The lowest BCUT2D eigenvalue weighted by Crippen LogP contribution is -2.47. The Morgan fingerprint density at radius 3 is 2.44 bits per heavy atom. The number of ether oxygens (including phenoxy) is 1. The second-order valence-electron chi connectivity index (χ2n) is 5.06. The first-order valence-corrected chi connectivity index (χ1v) is 6.37. The number of nitrogens with zero attached hydrogens (tertiary/aromatic N) is 1. The van der Waals surface area contributed by atoms with Crippen molar-refractivity contribution in [3.63, 3.8) is 0 Å². The fourth-order valence-corrected chi connectivity index (χ4v) is 3.02. The summed E-state index contributed by atoms with van der Waals surface area (Å²) in [6, 6.07) is 11.8. The van der Waals surface area contributed by atoms with Gasteiger partial charge in [-0.2, -0.15) is 5.26 Å². The third kappa shape index (κ3) is 1.92. The monoisotopic (exact) mass is 245 g/mol. The van der Waals surface area contributed by atoms with Crippen LogP contribution in [-0.4, -0.2) is 18.8 Å². The van der Waals surface area contributed by atoms with Gasteiger partial charge in [-0.25, -0.2) is 0 Å². The van der Waals surface area contributed by atoms with Gasteiger partial charge >= 0.3 is 0 Å². The Kier molecular flexibility index (Phi) is 3.70. The van der Waals surface area contributed by atoms with Crippen molar-refractivity contribution >= 4 is 0 Å². The van der Waals surface area contributed by atoms with E-state index in [0.717, 1.165) is 31.2 Å². The number of benzene rings is 1. The molecule has 1 aromatic carbocycles. The Hall–Kier alpha value is -1.37. The van der Waals surface area contributed by atoms with Gasteiger partial charge in [0.15, 0.2) is 0 Å². The maximum absolute atomic E-state index is 11.1. The Morgan fingerprint density at radius 1 is 1.33 bits per heavy atom. The summed E-state index contributed by atoms with van der Waals surface area (Å²) < 4.78 is 5.20. The van der Waals surface area contributed by atoms with Crippen LogP contribution in [0.3, 0.4) is 0 Å². The Morgan fingerprint density at radius 2 is 1.94 bits per heavy atom. The van der Waals surface area contributed by atoms with Crippen LogP contribution in [0.1, 0.15) is 31.2 Å². The Labute approximate surface area is 108 Å². The maximum atomic E-state index is 11.1. The van der Waals surface area contributed by atoms with E-state index in [1.54, 1.807) is 7.11 Å². The normalized spacial score (nSPS) is 21.2. The molecule has 18 heavy (non-hydrogen) atoms. The minimum absolute atomic E-state index is 0.157. The van der Waals surface area contributed by atoms with Gasteiger partial charge in [-0.3, -0.25) is 0 Å². The van der Waals surface area contributed by atoms with Crippen molar-refractivity contribution in [2.45, 2.75) is 31.3 Å². The fourth-order valence-electron chi connectivity index (χ4n) is 3.02. The van der Waals surface area contributed by atoms with E-state index >= 15 is 0 Å². The summed E-state index contributed by atoms with van der Waals surface area (Å²) >= 11 is 0. The van der Waals surface area contributed by atoms with Crippen LogP contribution in [-0.2, 0) is 10.3 Å². The van der Waals surface area contributed by atoms with Gasteiger partial charge < -0.3 is 9.84 Å². The van der Waals surface area contributed by atoms with Gasteiger partial charge in [0, 0.05) is 7.11 Å². The van der Waals surface area contributed by atoms with E-state index in [-0.39, 0.29) is 6.61 Å². The van der Waals surface area contributed by atoms with Crippen molar-refractivity contribution in [1.82, 2.24) is 0 Å². The highest BCUT2D eigenvalue weighted by Crippen LogP contribution is 2.51. The van der Waals surface area contributed by atoms with E-state index in [1.807, 2.05) is 30.3 Å². The van der Waals surface area contributed by atoms with Crippen LogP contribution in [0.4, 0.5) is 0 Å². The number of nitriles is 1. The minimum Gasteiger partial charge on any atom is -0.381 e. The van der Waals surface area contributed by atoms with Crippen LogP contribution in [0.15, 0.2) is 30.3 Å². The molecular weight excluding hydrogens is 226 g/mol. The van der Waals surface area contributed by atoms with Gasteiger partial charge in [-0.05, 0) is 18.4 Å². The van der Waals surface area contributed by atoms with Gasteiger partial charge in [0.1, 0.15) is 5.60 Å². The number of hydrogen-bond acceptors (Lipinski definition) is 3. The lowest BCUT2D eigenvalue weighted by Gasteiger charge is -2.40. The molecule has 1 unspecified atom stereocenters. The molecule has 1 atom stereocenters. The number of aliphatic hydroxyl groups is 1. The summed E-state index contributed by atoms with van der Waals surface area (Å²) in [5.41, 5.74) is -1.16. The molecule has 0 bridgehead atoms. The minimum atomic E-state index is -1.21. The summed E-state index contributed by atoms with van der Waals surface area (Å²) in [5, 5.41) is 20.7. The lowest BCUT2D eigenvalue weighted by molar-refractivity contribution is -0.107. The van der Waals surface area contributed by atoms with Gasteiger partial charge in [0.25, 0.3) is 0 Å². The molecule has 0 radical (unpaired) electrons. The summed E-state index contributed by atoms with van der Waals surface area (Å²) in [7, 11) is 1.56. The average Bonchev–Trinajstić information content (AvgIpc) is 2.90. The predicted octanol–water partition coefficient (Wildman–Crippen LogP) is 2.60. The van der Waals surface area contributed by atoms with Crippen molar-refractivity contribution < 1.29 is 9.84 Å². The molecule has 0 amide bonds. The van der Waals surface area contributed by atoms with Crippen LogP contribution in [0.5, 0.6) is 0 Å². The summed E-state index contributed by atoms with van der Waals surface area (Å²) in [6.45, 7) is 0.157. The quantitative estimate of drug-likeness (QED) is 0.887. The van der Waals surface area contributed by atoms with E-state index in [9.17, 15) is 10.4 Å². The molecular formula is C15H19NO2. The van der Waals surface area contributed by atoms with E-state index in [4.69, 9.17) is 4.74 Å². The molecule has 0 aromatic heterocycles. The second-order valence-corrected chi connectivity index (χ2v) is 5.06. The molecule has 1 aliphatic carbocycles. The molecule has 3 heteroatoms. The molecule has 0 saturated heterocycles. The second kappa shape index (κ2) is 5.09. The highest BCUT2D eigenvalue weighted by Gasteiger charge is 2.53. The largest absolute Gasteiger partial charge is 0.381 e. The lowest BCUT2D eigenvalue weighted by atomic mass is 9.68. The fraction of sp³-hybridized carbons (Fsp3) is 0.533. The summed E-state index contributed by atoms with van der Waals surface area (Å²) in [6.07, 6.45) is 3.45. The molecule has 0 aliphatic heterocycles. The first kappa shape index (κ1) is 13.1. The van der Waals surface area contributed by atoms with Gasteiger partial charge in [-0.15, -0.1) is 0 Å². The maximum Gasteiger partial charge on any atom is 0.131 e. The zero-order valence-electron chi connectivity index (χ0n) is 10.7. The van der Waals surface area contributed by atoms with Crippen molar-refractivity contribution in [3.8, 4) is 6.07 Å². The molecule has 1 aromatic rings. The SMILES string of the molecule is COCC(O)(c1ccccc1)C1(C#N)CCCC1. The summed E-state index contributed by atoms with van der Waals surface area (Å²) in [5.74, 6) is 0. The van der Waals surface area contributed by atoms with Gasteiger partial charge in [0.05, 0.1) is 18.1 Å². The van der Waals surface area contributed by atoms with Crippen molar-refractivity contribution in [3.05, 3.63) is 35.9 Å². The van der Waals surface area contributed by atoms with Crippen molar-refractivity contribution in [1.29, 1.82) is 5.26 Å². The molecule has 3 nitrogen and oxygen atoms in total. The van der Waals surface area contributed by atoms with Gasteiger partial charge in [0.2, 0.25) is 0 Å². The molecule has 1 fully saturated rings. The van der Waals surface area contributed by atoms with Crippen molar-refractivity contribution in [2.24, 2.45) is 5.41 Å². The summed E-state index contributed by atoms with van der Waals surface area (Å²) in [4.78, 5) is 0. The predicted molar refractivity (Wildman–Crippen MR) is 68.7 cm³/mol. The number of hydrogen-bond donors (Lipinski definition) is 1. The standard InChI is InChI=1S/C15H19NO2/c1-18-12-15(17,13-7-3-2-4-8-13)14(11-16)9-5-6-10-14/h2-4,7-8,17H,5-6,9-10,12H2,1H3. The smallest absolute Gasteiger partial charge is 0.131 e. The molecule has 0 heterocycles. The third-order valence-electron chi connectivity index (χ3n) is 4.07. The van der Waals surface area contributed by atoms with Crippen LogP contribution in [0.25, 0.3) is 0 Å². The van der Waals surface area contributed by atoms with Crippen LogP contribution < -0.4 is 0 Å². The zero-order chi connectivity index (χ0) is 13.1. The molecule has 1 aliphatic rings. The zero-order valence-corrected chi connectivity index (χ0v) is 10.7. The average molecular weight is 245 g/mol. The van der Waals surface area contributed by atoms with E-state index < -0.39 is 11.0 Å². The molecule has 1 saturated carbocycles. The number of methoxy groups -OCH3 is 1. The van der Waals surface area contributed by atoms with Crippen LogP contribution in [0, 0.1) is 16.7 Å². The highest BCUT2D eigenvalue weighted by atomic mass is 16.5. The Balaban J connectivity index is 2.47. The molecule has 0 spiro atoms. The number of rotatable bonds is 4. The first-order chi connectivity index (χ1) is 8.68. The Bertz CT molecular complexity index is 432. The van der Waals surface area contributed by atoms with E-state index in [0.29, 0.717) is 0 Å².